The molecule has 6 heteroatoms. The van der Waals surface area contributed by atoms with Crippen molar-refractivity contribution in [3.8, 4) is 23.0 Å². The van der Waals surface area contributed by atoms with E-state index in [1.165, 1.54) is 0 Å². The standard InChI is InChI=1S/C21H23NO5/c1-21(2)11-16(15-10-14(24-3)5-7-17(15)27-21)22-20(23)9-13-4-6-18-19(8-13)26-12-25-18/h4-8,10,16H,9,11-12H2,1-3H3,(H,22,23)/t16-/m0/s1. The van der Waals surface area contributed by atoms with Crippen molar-refractivity contribution in [3.05, 3.63) is 47.5 Å². The molecule has 27 heavy (non-hydrogen) atoms. The van der Waals surface area contributed by atoms with E-state index in [0.717, 1.165) is 22.6 Å². The zero-order valence-electron chi connectivity index (χ0n) is 15.7. The topological polar surface area (TPSA) is 66.0 Å². The lowest BCUT2D eigenvalue weighted by Gasteiger charge is -2.38. The number of hydrogen-bond donors (Lipinski definition) is 1. The molecule has 0 unspecified atom stereocenters. The summed E-state index contributed by atoms with van der Waals surface area (Å²) in [6.45, 7) is 4.27. The molecule has 2 aliphatic rings. The highest BCUT2D eigenvalue weighted by atomic mass is 16.7. The first kappa shape index (κ1) is 17.5. The van der Waals surface area contributed by atoms with Gasteiger partial charge in [-0.05, 0) is 49.7 Å². The third-order valence-corrected chi connectivity index (χ3v) is 4.81. The minimum absolute atomic E-state index is 0.0506. The van der Waals surface area contributed by atoms with Gasteiger partial charge in [0.05, 0.1) is 19.6 Å². The zero-order valence-corrected chi connectivity index (χ0v) is 15.7. The number of carbonyl (C=O) groups is 1. The summed E-state index contributed by atoms with van der Waals surface area (Å²) in [5.41, 5.74) is 1.46. The Hall–Kier alpha value is -2.89. The van der Waals surface area contributed by atoms with Crippen LogP contribution < -0.4 is 24.3 Å². The first-order chi connectivity index (χ1) is 12.9. The molecule has 0 fully saturated rings. The van der Waals surface area contributed by atoms with E-state index in [1.54, 1.807) is 7.11 Å². The van der Waals surface area contributed by atoms with Crippen LogP contribution in [0.5, 0.6) is 23.0 Å². The Morgan fingerprint density at radius 3 is 2.74 bits per heavy atom. The van der Waals surface area contributed by atoms with Crippen LogP contribution in [0.25, 0.3) is 0 Å². The van der Waals surface area contributed by atoms with Crippen LogP contribution in [0.2, 0.25) is 0 Å². The molecule has 0 aromatic heterocycles. The van der Waals surface area contributed by atoms with Gasteiger partial charge < -0.3 is 24.3 Å². The van der Waals surface area contributed by atoms with E-state index in [2.05, 4.69) is 5.32 Å². The summed E-state index contributed by atoms with van der Waals surface area (Å²) in [5.74, 6) is 2.87. The summed E-state index contributed by atoms with van der Waals surface area (Å²) in [6.07, 6.45) is 0.952. The van der Waals surface area contributed by atoms with Gasteiger partial charge in [0.25, 0.3) is 0 Å². The van der Waals surface area contributed by atoms with E-state index in [9.17, 15) is 4.79 Å². The van der Waals surface area contributed by atoms with E-state index < -0.39 is 0 Å². The maximum absolute atomic E-state index is 12.7. The number of benzene rings is 2. The minimum Gasteiger partial charge on any atom is -0.497 e. The summed E-state index contributed by atoms with van der Waals surface area (Å²) in [4.78, 5) is 12.7. The molecule has 2 aromatic rings. The number of methoxy groups -OCH3 is 1. The second kappa shape index (κ2) is 6.68. The third kappa shape index (κ3) is 3.65. The number of rotatable bonds is 4. The van der Waals surface area contributed by atoms with Crippen LogP contribution in [0, 0.1) is 0 Å². The van der Waals surface area contributed by atoms with Crippen LogP contribution in [-0.2, 0) is 11.2 Å². The van der Waals surface area contributed by atoms with Gasteiger partial charge in [0, 0.05) is 12.0 Å². The van der Waals surface area contributed by atoms with Crippen molar-refractivity contribution in [2.24, 2.45) is 0 Å². The normalized spacial score (nSPS) is 19.0. The number of amides is 1. The fourth-order valence-corrected chi connectivity index (χ4v) is 3.57. The first-order valence-electron chi connectivity index (χ1n) is 8.98. The molecular weight excluding hydrogens is 346 g/mol. The van der Waals surface area contributed by atoms with Crippen molar-refractivity contribution in [2.45, 2.75) is 38.3 Å². The Bertz CT molecular complexity index is 877. The van der Waals surface area contributed by atoms with E-state index in [-0.39, 0.29) is 30.8 Å². The maximum atomic E-state index is 12.7. The van der Waals surface area contributed by atoms with Crippen LogP contribution in [0.4, 0.5) is 0 Å². The van der Waals surface area contributed by atoms with Crippen LogP contribution in [0.15, 0.2) is 36.4 Å². The summed E-state index contributed by atoms with van der Waals surface area (Å²) in [6, 6.07) is 11.1. The Morgan fingerprint density at radius 1 is 1.15 bits per heavy atom. The molecule has 0 spiro atoms. The highest BCUT2D eigenvalue weighted by Crippen LogP contribution is 2.41. The Kier molecular flexibility index (Phi) is 4.34. The average Bonchev–Trinajstić information content (AvgIpc) is 3.08. The monoisotopic (exact) mass is 369 g/mol. The van der Waals surface area contributed by atoms with Crippen molar-refractivity contribution >= 4 is 5.91 Å². The lowest BCUT2D eigenvalue weighted by atomic mass is 9.89. The molecule has 1 amide bonds. The summed E-state index contributed by atoms with van der Waals surface area (Å²) in [5, 5.41) is 3.15. The largest absolute Gasteiger partial charge is 0.497 e. The van der Waals surface area contributed by atoms with Gasteiger partial charge in [0.2, 0.25) is 12.7 Å². The van der Waals surface area contributed by atoms with E-state index in [0.29, 0.717) is 17.9 Å². The third-order valence-electron chi connectivity index (χ3n) is 4.81. The second-order valence-corrected chi connectivity index (χ2v) is 7.45. The van der Waals surface area contributed by atoms with E-state index in [4.69, 9.17) is 18.9 Å². The number of hydrogen-bond acceptors (Lipinski definition) is 5. The fourth-order valence-electron chi connectivity index (χ4n) is 3.57. The predicted molar refractivity (Wildman–Crippen MR) is 99.5 cm³/mol. The van der Waals surface area contributed by atoms with Gasteiger partial charge in [-0.3, -0.25) is 4.79 Å². The van der Waals surface area contributed by atoms with Crippen molar-refractivity contribution in [1.29, 1.82) is 0 Å². The molecule has 0 radical (unpaired) electrons. The van der Waals surface area contributed by atoms with Crippen LogP contribution in [0.3, 0.4) is 0 Å². The van der Waals surface area contributed by atoms with Gasteiger partial charge in [0.15, 0.2) is 11.5 Å². The molecule has 6 nitrogen and oxygen atoms in total. The summed E-state index contributed by atoms with van der Waals surface area (Å²) < 4.78 is 22.1. The van der Waals surface area contributed by atoms with E-state index in [1.807, 2.05) is 50.2 Å². The summed E-state index contributed by atoms with van der Waals surface area (Å²) in [7, 11) is 1.63. The Balaban J connectivity index is 1.52. The Labute approximate surface area is 158 Å². The predicted octanol–water partition coefficient (Wildman–Crippen LogP) is 3.39. The molecule has 4 rings (SSSR count). The second-order valence-electron chi connectivity index (χ2n) is 7.45. The molecular formula is C21H23NO5. The van der Waals surface area contributed by atoms with Gasteiger partial charge in [-0.15, -0.1) is 0 Å². The van der Waals surface area contributed by atoms with Gasteiger partial charge in [-0.25, -0.2) is 0 Å². The number of fused-ring (bicyclic) bond motifs is 2. The quantitative estimate of drug-likeness (QED) is 0.895. The lowest BCUT2D eigenvalue weighted by molar-refractivity contribution is -0.121. The average molecular weight is 369 g/mol. The van der Waals surface area contributed by atoms with Gasteiger partial charge in [0.1, 0.15) is 17.1 Å². The molecule has 1 atom stereocenters. The van der Waals surface area contributed by atoms with Crippen molar-refractivity contribution in [1.82, 2.24) is 5.32 Å². The zero-order chi connectivity index (χ0) is 19.0. The maximum Gasteiger partial charge on any atom is 0.231 e. The highest BCUT2D eigenvalue weighted by Gasteiger charge is 2.34. The van der Waals surface area contributed by atoms with Crippen molar-refractivity contribution in [3.63, 3.8) is 0 Å². The molecule has 142 valence electrons. The molecule has 1 N–H and O–H groups in total. The molecule has 0 saturated heterocycles. The van der Waals surface area contributed by atoms with Crippen molar-refractivity contribution in [2.75, 3.05) is 13.9 Å². The van der Waals surface area contributed by atoms with E-state index >= 15 is 0 Å². The number of ether oxygens (including phenoxy) is 4. The first-order valence-corrected chi connectivity index (χ1v) is 8.98. The smallest absolute Gasteiger partial charge is 0.231 e. The van der Waals surface area contributed by atoms with Gasteiger partial charge in [-0.1, -0.05) is 6.07 Å². The van der Waals surface area contributed by atoms with Gasteiger partial charge in [-0.2, -0.15) is 0 Å². The van der Waals surface area contributed by atoms with Crippen LogP contribution in [-0.4, -0.2) is 25.4 Å². The molecule has 0 bridgehead atoms. The molecule has 0 aliphatic carbocycles. The van der Waals surface area contributed by atoms with Crippen molar-refractivity contribution < 1.29 is 23.7 Å². The fraction of sp³-hybridized carbons (Fsp3) is 0.381. The molecule has 2 aliphatic heterocycles. The lowest BCUT2D eigenvalue weighted by Crippen LogP contribution is -2.41. The molecule has 2 aromatic carbocycles. The molecule has 0 saturated carbocycles. The summed E-state index contributed by atoms with van der Waals surface area (Å²) >= 11 is 0. The van der Waals surface area contributed by atoms with Crippen LogP contribution in [0.1, 0.15) is 37.4 Å². The molecule has 2 heterocycles. The Morgan fingerprint density at radius 2 is 1.93 bits per heavy atom. The van der Waals surface area contributed by atoms with Crippen LogP contribution >= 0.6 is 0 Å². The highest BCUT2D eigenvalue weighted by molar-refractivity contribution is 5.79. The number of carbonyl (C=O) groups excluding carboxylic acids is 1. The van der Waals surface area contributed by atoms with Gasteiger partial charge >= 0.3 is 0 Å². The number of nitrogens with one attached hydrogen (secondary N) is 1. The minimum atomic E-state index is -0.363. The SMILES string of the molecule is COc1ccc2c(c1)[C@@H](NC(=O)Cc1ccc3c(c1)OCO3)CC(C)(C)O2.